The number of anilines is 2. The molecule has 0 unspecified atom stereocenters. The summed E-state index contributed by atoms with van der Waals surface area (Å²) in [6, 6.07) is 6.99. The first kappa shape index (κ1) is 19.1. The van der Waals surface area contributed by atoms with Gasteiger partial charge in [0, 0.05) is 45.3 Å². The van der Waals surface area contributed by atoms with Crippen LogP contribution in [0.2, 0.25) is 0 Å². The van der Waals surface area contributed by atoms with Gasteiger partial charge in [0.2, 0.25) is 10.0 Å². The minimum absolute atomic E-state index is 0.126. The molecule has 0 N–H and O–H groups in total. The maximum Gasteiger partial charge on any atom is 0.243 e. The van der Waals surface area contributed by atoms with Crippen molar-refractivity contribution in [2.45, 2.75) is 24.2 Å². The third kappa shape index (κ3) is 3.95. The molecule has 150 valence electrons. The van der Waals surface area contributed by atoms with E-state index < -0.39 is 15.8 Å². The lowest BCUT2D eigenvalue weighted by atomic mass is 10.3. The van der Waals surface area contributed by atoms with E-state index in [1.807, 2.05) is 6.07 Å². The molecule has 4 rings (SSSR count). The first-order chi connectivity index (χ1) is 13.5. The van der Waals surface area contributed by atoms with Gasteiger partial charge >= 0.3 is 0 Å². The Bertz CT molecular complexity index is 916. The average molecular weight is 405 g/mol. The molecule has 2 aliphatic rings. The molecule has 1 aromatic heterocycles. The quantitative estimate of drug-likeness (QED) is 0.776. The van der Waals surface area contributed by atoms with Crippen molar-refractivity contribution in [2.24, 2.45) is 0 Å². The van der Waals surface area contributed by atoms with E-state index in [4.69, 9.17) is 0 Å². The van der Waals surface area contributed by atoms with E-state index in [0.717, 1.165) is 31.3 Å². The molecule has 1 aromatic carbocycles. The Balaban J connectivity index is 1.48. The highest BCUT2D eigenvalue weighted by Gasteiger charge is 2.27. The summed E-state index contributed by atoms with van der Waals surface area (Å²) in [5.41, 5.74) is 0. The highest BCUT2D eigenvalue weighted by molar-refractivity contribution is 7.89. The topological polar surface area (TPSA) is 69.6 Å². The second kappa shape index (κ2) is 8.00. The van der Waals surface area contributed by atoms with Gasteiger partial charge in [-0.15, -0.1) is 0 Å². The van der Waals surface area contributed by atoms with Crippen LogP contribution in [0.4, 0.5) is 16.0 Å². The Morgan fingerprint density at radius 2 is 1.39 bits per heavy atom. The number of nitrogens with zero attached hydrogens (tertiary/aromatic N) is 5. The molecule has 2 fully saturated rings. The van der Waals surface area contributed by atoms with Crippen LogP contribution >= 0.6 is 0 Å². The van der Waals surface area contributed by atoms with Crippen molar-refractivity contribution >= 4 is 21.7 Å². The molecule has 3 heterocycles. The van der Waals surface area contributed by atoms with Crippen molar-refractivity contribution in [3.8, 4) is 0 Å². The first-order valence-electron chi connectivity index (χ1n) is 9.62. The molecule has 0 aliphatic carbocycles. The Hall–Kier alpha value is -2.26. The molecule has 0 spiro atoms. The number of sulfonamides is 1. The summed E-state index contributed by atoms with van der Waals surface area (Å²) in [5.74, 6) is 1.32. The fraction of sp³-hybridized carbons (Fsp3) is 0.474. The van der Waals surface area contributed by atoms with E-state index in [1.165, 1.54) is 41.4 Å². The van der Waals surface area contributed by atoms with Gasteiger partial charge in [-0.2, -0.15) is 4.31 Å². The van der Waals surface area contributed by atoms with Gasteiger partial charge in [-0.3, -0.25) is 0 Å². The number of rotatable bonds is 4. The molecular weight excluding hydrogens is 381 g/mol. The molecular formula is C19H24FN5O2S. The van der Waals surface area contributed by atoms with Crippen LogP contribution in [0.25, 0.3) is 0 Å². The lowest BCUT2D eigenvalue weighted by Gasteiger charge is -2.24. The minimum atomic E-state index is -3.63. The Kier molecular flexibility index (Phi) is 5.45. The Labute approximate surface area is 164 Å². The standard InChI is InChI=1S/C19H24FN5O2S/c20-16-4-6-17(7-5-16)28(26,27)25-11-3-10-24(12-13-25)19-14-18(21-15-22-19)23-8-1-2-9-23/h4-7,14-15H,1-3,8-13H2. The predicted molar refractivity (Wildman–Crippen MR) is 105 cm³/mol. The molecule has 9 heteroatoms. The van der Waals surface area contributed by atoms with Gasteiger partial charge in [-0.25, -0.2) is 22.8 Å². The summed E-state index contributed by atoms with van der Waals surface area (Å²) in [7, 11) is -3.63. The summed E-state index contributed by atoms with van der Waals surface area (Å²) >= 11 is 0. The molecule has 0 radical (unpaired) electrons. The number of hydrogen-bond donors (Lipinski definition) is 0. The van der Waals surface area contributed by atoms with E-state index in [-0.39, 0.29) is 4.90 Å². The SMILES string of the molecule is O=S(=O)(c1ccc(F)cc1)N1CCCN(c2cc(N3CCCC3)ncn2)CC1. The number of hydrogen-bond acceptors (Lipinski definition) is 6. The number of halogens is 1. The molecule has 0 amide bonds. The molecule has 28 heavy (non-hydrogen) atoms. The summed E-state index contributed by atoms with van der Waals surface area (Å²) < 4.78 is 40.4. The van der Waals surface area contributed by atoms with Crippen molar-refractivity contribution in [1.82, 2.24) is 14.3 Å². The predicted octanol–water partition coefficient (Wildman–Crippen LogP) is 2.12. The van der Waals surface area contributed by atoms with Gasteiger partial charge in [0.15, 0.2) is 0 Å². The molecule has 7 nitrogen and oxygen atoms in total. The maximum absolute atomic E-state index is 13.1. The van der Waals surface area contributed by atoms with Gasteiger partial charge in [0.25, 0.3) is 0 Å². The third-order valence-electron chi connectivity index (χ3n) is 5.30. The zero-order chi connectivity index (χ0) is 19.6. The summed E-state index contributed by atoms with van der Waals surface area (Å²) in [5, 5.41) is 0. The van der Waals surface area contributed by atoms with Crippen molar-refractivity contribution in [2.75, 3.05) is 49.1 Å². The first-order valence-corrected chi connectivity index (χ1v) is 11.1. The fourth-order valence-corrected chi connectivity index (χ4v) is 5.22. The van der Waals surface area contributed by atoms with E-state index >= 15 is 0 Å². The van der Waals surface area contributed by atoms with Crippen LogP contribution in [0.1, 0.15) is 19.3 Å². The lowest BCUT2D eigenvalue weighted by Crippen LogP contribution is -2.35. The van der Waals surface area contributed by atoms with E-state index in [1.54, 1.807) is 6.33 Å². The van der Waals surface area contributed by atoms with E-state index in [9.17, 15) is 12.8 Å². The van der Waals surface area contributed by atoms with E-state index in [2.05, 4.69) is 19.8 Å². The fourth-order valence-electron chi connectivity index (χ4n) is 3.75. The van der Waals surface area contributed by atoms with Gasteiger partial charge in [0.1, 0.15) is 23.8 Å². The second-order valence-electron chi connectivity index (χ2n) is 7.13. The molecule has 0 saturated carbocycles. The molecule has 2 aromatic rings. The van der Waals surface area contributed by atoms with Crippen LogP contribution in [-0.4, -0.2) is 62.0 Å². The van der Waals surface area contributed by atoms with Crippen LogP contribution in [0, 0.1) is 5.82 Å². The Morgan fingerprint density at radius 3 is 2.07 bits per heavy atom. The van der Waals surface area contributed by atoms with Gasteiger partial charge in [-0.05, 0) is 43.5 Å². The number of benzene rings is 1. The van der Waals surface area contributed by atoms with Crippen molar-refractivity contribution in [1.29, 1.82) is 0 Å². The normalized spacial score (nSPS) is 19.0. The second-order valence-corrected chi connectivity index (χ2v) is 9.07. The summed E-state index contributed by atoms with van der Waals surface area (Å²) in [6.45, 7) is 4.10. The monoisotopic (exact) mass is 405 g/mol. The average Bonchev–Trinajstić information content (AvgIpc) is 3.12. The van der Waals surface area contributed by atoms with Crippen LogP contribution in [0.15, 0.2) is 41.6 Å². The van der Waals surface area contributed by atoms with Crippen LogP contribution < -0.4 is 9.80 Å². The van der Waals surface area contributed by atoms with Gasteiger partial charge in [0.05, 0.1) is 4.90 Å². The van der Waals surface area contributed by atoms with Crippen molar-refractivity contribution in [3.63, 3.8) is 0 Å². The summed E-state index contributed by atoms with van der Waals surface area (Å²) in [6.07, 6.45) is 4.64. The lowest BCUT2D eigenvalue weighted by molar-refractivity contribution is 0.433. The maximum atomic E-state index is 13.1. The number of aromatic nitrogens is 2. The van der Waals surface area contributed by atoms with E-state index in [0.29, 0.717) is 26.1 Å². The van der Waals surface area contributed by atoms with Gasteiger partial charge < -0.3 is 9.80 Å². The molecule has 2 aliphatic heterocycles. The zero-order valence-corrected chi connectivity index (χ0v) is 16.5. The highest BCUT2D eigenvalue weighted by atomic mass is 32.2. The zero-order valence-electron chi connectivity index (χ0n) is 15.7. The smallest absolute Gasteiger partial charge is 0.243 e. The molecule has 2 saturated heterocycles. The Morgan fingerprint density at radius 1 is 0.786 bits per heavy atom. The molecule has 0 atom stereocenters. The highest BCUT2D eigenvalue weighted by Crippen LogP contribution is 2.23. The largest absolute Gasteiger partial charge is 0.356 e. The van der Waals surface area contributed by atoms with Gasteiger partial charge in [-0.1, -0.05) is 0 Å². The van der Waals surface area contributed by atoms with Crippen molar-refractivity contribution < 1.29 is 12.8 Å². The van der Waals surface area contributed by atoms with Crippen LogP contribution in [-0.2, 0) is 10.0 Å². The van der Waals surface area contributed by atoms with Crippen LogP contribution in [0.5, 0.6) is 0 Å². The molecule has 0 bridgehead atoms. The van der Waals surface area contributed by atoms with Crippen molar-refractivity contribution in [3.05, 3.63) is 42.5 Å². The van der Waals surface area contributed by atoms with Crippen LogP contribution in [0.3, 0.4) is 0 Å². The third-order valence-corrected chi connectivity index (χ3v) is 7.21. The minimum Gasteiger partial charge on any atom is -0.356 e. The summed E-state index contributed by atoms with van der Waals surface area (Å²) in [4.78, 5) is 13.3.